The van der Waals surface area contributed by atoms with Crippen LogP contribution in [0.15, 0.2) is 18.2 Å². The van der Waals surface area contributed by atoms with Crippen molar-refractivity contribution in [1.82, 2.24) is 5.32 Å². The molecule has 0 saturated heterocycles. The number of carbonyl (C=O) groups excluding carboxylic acids is 1. The van der Waals surface area contributed by atoms with Crippen molar-refractivity contribution in [1.29, 1.82) is 0 Å². The number of nitrogens with two attached hydrogens (primary N) is 1. The summed E-state index contributed by atoms with van der Waals surface area (Å²) in [7, 11) is 0. The summed E-state index contributed by atoms with van der Waals surface area (Å²) in [6.45, 7) is 6.10. The van der Waals surface area contributed by atoms with Gasteiger partial charge in [0, 0.05) is 18.2 Å². The van der Waals surface area contributed by atoms with Crippen molar-refractivity contribution in [3.8, 4) is 0 Å². The number of benzene rings is 1. The third-order valence-electron chi connectivity index (χ3n) is 2.81. The van der Waals surface area contributed by atoms with Crippen LogP contribution in [0.25, 0.3) is 0 Å². The number of nitrogens with one attached hydrogen (secondary N) is 1. The van der Waals surface area contributed by atoms with Gasteiger partial charge >= 0.3 is 0 Å². The quantitative estimate of drug-likeness (QED) is 0.841. The second-order valence-corrected chi connectivity index (χ2v) is 4.52. The lowest BCUT2D eigenvalue weighted by Crippen LogP contribution is -2.43. The summed E-state index contributed by atoms with van der Waals surface area (Å²) >= 11 is 0. The van der Waals surface area contributed by atoms with E-state index in [-0.39, 0.29) is 23.7 Å². The van der Waals surface area contributed by atoms with Gasteiger partial charge in [0.2, 0.25) is 0 Å². The maximum absolute atomic E-state index is 12.9. The molecule has 94 valence electrons. The molecule has 3 N–H and O–H groups in total. The standard InChI is InChI=1S/C13H19FN2O/c1-8(2)12(7-15)16-13(17)11-5-4-10(14)6-9(11)3/h4-6,8,12H,7,15H2,1-3H3,(H,16,17). The second kappa shape index (κ2) is 5.77. The van der Waals surface area contributed by atoms with Crippen LogP contribution in [0.3, 0.4) is 0 Å². The SMILES string of the molecule is Cc1cc(F)ccc1C(=O)NC(CN)C(C)C. The number of carbonyl (C=O) groups is 1. The number of hydrogen-bond donors (Lipinski definition) is 2. The van der Waals surface area contributed by atoms with Crippen molar-refractivity contribution in [3.63, 3.8) is 0 Å². The Morgan fingerprint density at radius 3 is 2.59 bits per heavy atom. The van der Waals surface area contributed by atoms with Crippen molar-refractivity contribution in [2.24, 2.45) is 11.7 Å². The molecule has 0 aliphatic heterocycles. The van der Waals surface area contributed by atoms with Crippen LogP contribution in [0, 0.1) is 18.7 Å². The molecule has 0 radical (unpaired) electrons. The molecular weight excluding hydrogens is 219 g/mol. The molecule has 1 atom stereocenters. The van der Waals surface area contributed by atoms with E-state index >= 15 is 0 Å². The van der Waals surface area contributed by atoms with E-state index < -0.39 is 0 Å². The smallest absolute Gasteiger partial charge is 0.251 e. The first-order valence-electron chi connectivity index (χ1n) is 5.72. The molecule has 1 aromatic carbocycles. The number of rotatable bonds is 4. The lowest BCUT2D eigenvalue weighted by Gasteiger charge is -2.21. The van der Waals surface area contributed by atoms with Gasteiger partial charge in [-0.2, -0.15) is 0 Å². The summed E-state index contributed by atoms with van der Waals surface area (Å²) in [5.41, 5.74) is 6.71. The Morgan fingerprint density at radius 1 is 1.47 bits per heavy atom. The maximum atomic E-state index is 12.9. The molecule has 3 nitrogen and oxygen atoms in total. The van der Waals surface area contributed by atoms with E-state index in [1.54, 1.807) is 6.92 Å². The topological polar surface area (TPSA) is 55.1 Å². The Balaban J connectivity index is 2.82. The summed E-state index contributed by atoms with van der Waals surface area (Å²) < 4.78 is 12.9. The van der Waals surface area contributed by atoms with Crippen LogP contribution < -0.4 is 11.1 Å². The summed E-state index contributed by atoms with van der Waals surface area (Å²) in [4.78, 5) is 12.0. The van der Waals surface area contributed by atoms with Crippen molar-refractivity contribution >= 4 is 5.91 Å². The van der Waals surface area contributed by atoms with Gasteiger partial charge in [-0.25, -0.2) is 4.39 Å². The average Bonchev–Trinajstić information content (AvgIpc) is 2.24. The lowest BCUT2D eigenvalue weighted by atomic mass is 10.0. The Morgan fingerprint density at radius 2 is 2.12 bits per heavy atom. The van der Waals surface area contributed by atoms with E-state index in [1.807, 2.05) is 13.8 Å². The third kappa shape index (κ3) is 3.53. The first kappa shape index (κ1) is 13.6. The highest BCUT2D eigenvalue weighted by Crippen LogP contribution is 2.11. The van der Waals surface area contributed by atoms with Gasteiger partial charge in [-0.3, -0.25) is 4.79 Å². The molecule has 0 aliphatic rings. The fourth-order valence-electron chi connectivity index (χ4n) is 1.63. The van der Waals surface area contributed by atoms with Crippen LogP contribution in [0.4, 0.5) is 4.39 Å². The molecule has 1 amide bonds. The first-order valence-corrected chi connectivity index (χ1v) is 5.72. The molecule has 17 heavy (non-hydrogen) atoms. The van der Waals surface area contributed by atoms with Gasteiger partial charge in [0.25, 0.3) is 5.91 Å². The zero-order chi connectivity index (χ0) is 13.0. The zero-order valence-corrected chi connectivity index (χ0v) is 10.5. The van der Waals surface area contributed by atoms with E-state index in [9.17, 15) is 9.18 Å². The van der Waals surface area contributed by atoms with E-state index in [1.165, 1.54) is 18.2 Å². The third-order valence-corrected chi connectivity index (χ3v) is 2.81. The number of aryl methyl sites for hydroxylation is 1. The van der Waals surface area contributed by atoms with Gasteiger partial charge in [0.15, 0.2) is 0 Å². The first-order chi connectivity index (χ1) is 7.95. The normalized spacial score (nSPS) is 12.6. The molecule has 0 heterocycles. The minimum absolute atomic E-state index is 0.0630. The largest absolute Gasteiger partial charge is 0.348 e. The Labute approximate surface area is 101 Å². The number of halogens is 1. The van der Waals surface area contributed by atoms with Crippen molar-refractivity contribution in [2.75, 3.05) is 6.54 Å². The summed E-state index contributed by atoms with van der Waals surface area (Å²) in [6.07, 6.45) is 0. The summed E-state index contributed by atoms with van der Waals surface area (Å²) in [6, 6.07) is 4.07. The van der Waals surface area contributed by atoms with Gasteiger partial charge < -0.3 is 11.1 Å². The van der Waals surface area contributed by atoms with Crippen molar-refractivity contribution < 1.29 is 9.18 Å². The molecule has 0 bridgehead atoms. The highest BCUT2D eigenvalue weighted by Gasteiger charge is 2.16. The van der Waals surface area contributed by atoms with Gasteiger partial charge in [-0.1, -0.05) is 13.8 Å². The van der Waals surface area contributed by atoms with Crippen LogP contribution in [-0.2, 0) is 0 Å². The predicted molar refractivity (Wildman–Crippen MR) is 66.3 cm³/mol. The van der Waals surface area contributed by atoms with Gasteiger partial charge in [-0.05, 0) is 36.6 Å². The molecule has 0 aliphatic carbocycles. The van der Waals surface area contributed by atoms with Crippen LogP contribution in [0.2, 0.25) is 0 Å². The molecule has 0 fully saturated rings. The molecule has 1 unspecified atom stereocenters. The fourth-order valence-corrected chi connectivity index (χ4v) is 1.63. The predicted octanol–water partition coefficient (Wildman–Crippen LogP) is 1.85. The monoisotopic (exact) mass is 238 g/mol. The average molecular weight is 238 g/mol. The van der Waals surface area contributed by atoms with Crippen molar-refractivity contribution in [2.45, 2.75) is 26.8 Å². The molecule has 0 aromatic heterocycles. The van der Waals surface area contributed by atoms with Gasteiger partial charge in [-0.15, -0.1) is 0 Å². The molecule has 4 heteroatoms. The minimum Gasteiger partial charge on any atom is -0.348 e. The minimum atomic E-state index is -0.335. The van der Waals surface area contributed by atoms with Crippen LogP contribution in [-0.4, -0.2) is 18.5 Å². The highest BCUT2D eigenvalue weighted by atomic mass is 19.1. The van der Waals surface area contributed by atoms with E-state index in [2.05, 4.69) is 5.32 Å². The van der Waals surface area contributed by atoms with E-state index in [4.69, 9.17) is 5.73 Å². The molecule has 1 rings (SSSR count). The van der Waals surface area contributed by atoms with Crippen LogP contribution in [0.1, 0.15) is 29.8 Å². The summed E-state index contributed by atoms with van der Waals surface area (Å²) in [5.74, 6) is -0.269. The zero-order valence-electron chi connectivity index (χ0n) is 10.5. The van der Waals surface area contributed by atoms with Gasteiger partial charge in [0.05, 0.1) is 0 Å². The fraction of sp³-hybridized carbons (Fsp3) is 0.462. The molecular formula is C13H19FN2O. The molecule has 1 aromatic rings. The molecule has 0 saturated carbocycles. The van der Waals surface area contributed by atoms with Gasteiger partial charge in [0.1, 0.15) is 5.82 Å². The highest BCUT2D eigenvalue weighted by molar-refractivity contribution is 5.95. The molecule has 0 spiro atoms. The van der Waals surface area contributed by atoms with E-state index in [0.29, 0.717) is 17.7 Å². The maximum Gasteiger partial charge on any atom is 0.251 e. The van der Waals surface area contributed by atoms with E-state index in [0.717, 1.165) is 0 Å². The van der Waals surface area contributed by atoms with Crippen LogP contribution >= 0.6 is 0 Å². The number of amides is 1. The number of hydrogen-bond acceptors (Lipinski definition) is 2. The lowest BCUT2D eigenvalue weighted by molar-refractivity contribution is 0.0927. The summed E-state index contributed by atoms with van der Waals surface area (Å²) in [5, 5.41) is 2.86. The van der Waals surface area contributed by atoms with Crippen molar-refractivity contribution in [3.05, 3.63) is 35.1 Å². The second-order valence-electron chi connectivity index (χ2n) is 4.52. The van der Waals surface area contributed by atoms with Crippen LogP contribution in [0.5, 0.6) is 0 Å². The Kier molecular flexibility index (Phi) is 4.63. The Hall–Kier alpha value is -1.42. The Bertz CT molecular complexity index is 404.